The van der Waals surface area contributed by atoms with Gasteiger partial charge in [-0.2, -0.15) is 0 Å². The number of pyridine rings is 1. The van der Waals surface area contributed by atoms with E-state index < -0.39 is 0 Å². The Kier molecular flexibility index (Phi) is 3.70. The maximum absolute atomic E-state index is 8.89. The summed E-state index contributed by atoms with van der Waals surface area (Å²) in [6.07, 6.45) is 4.54. The van der Waals surface area contributed by atoms with Gasteiger partial charge in [-0.3, -0.25) is 0 Å². The molecule has 0 saturated carbocycles. The molecule has 0 spiro atoms. The number of ether oxygens (including phenoxy) is 1. The van der Waals surface area contributed by atoms with Gasteiger partial charge < -0.3 is 19.4 Å². The number of rotatable bonds is 5. The van der Waals surface area contributed by atoms with E-state index in [1.165, 1.54) is 0 Å². The monoisotopic (exact) mass is 321 g/mol. The molecule has 4 aromatic rings. The fraction of sp³-hybridized carbons (Fsp3) is 0.211. The van der Waals surface area contributed by atoms with Crippen LogP contribution in [0.3, 0.4) is 0 Å². The van der Waals surface area contributed by atoms with E-state index in [4.69, 9.17) is 9.84 Å². The molecule has 0 aliphatic rings. The van der Waals surface area contributed by atoms with E-state index in [1.54, 1.807) is 6.20 Å². The molecule has 5 heteroatoms. The SMILES string of the molecule is Cn1cc(-c2cc3cccnc3[nH]2)c2cc(OCCCO)ccc21. The summed E-state index contributed by atoms with van der Waals surface area (Å²) in [5.41, 5.74) is 4.20. The van der Waals surface area contributed by atoms with Gasteiger partial charge >= 0.3 is 0 Å². The molecule has 2 N–H and O–H groups in total. The normalized spacial score (nSPS) is 11.4. The Morgan fingerprint density at radius 3 is 3.00 bits per heavy atom. The smallest absolute Gasteiger partial charge is 0.137 e. The van der Waals surface area contributed by atoms with Gasteiger partial charge in [-0.05, 0) is 36.4 Å². The second-order valence-corrected chi connectivity index (χ2v) is 5.88. The van der Waals surface area contributed by atoms with E-state index in [1.807, 2.05) is 19.2 Å². The molecular weight excluding hydrogens is 302 g/mol. The second kappa shape index (κ2) is 6.02. The number of aliphatic hydroxyl groups is 1. The Labute approximate surface area is 139 Å². The number of aromatic nitrogens is 3. The van der Waals surface area contributed by atoms with E-state index in [9.17, 15) is 0 Å². The lowest BCUT2D eigenvalue weighted by Gasteiger charge is -2.06. The van der Waals surface area contributed by atoms with Gasteiger partial charge in [0, 0.05) is 60.0 Å². The topological polar surface area (TPSA) is 63.1 Å². The van der Waals surface area contributed by atoms with Gasteiger partial charge in [0.05, 0.1) is 6.61 Å². The van der Waals surface area contributed by atoms with Crippen molar-refractivity contribution in [1.82, 2.24) is 14.5 Å². The van der Waals surface area contributed by atoms with Crippen LogP contribution < -0.4 is 4.74 Å². The molecule has 0 radical (unpaired) electrons. The molecule has 0 aliphatic carbocycles. The number of hydrogen-bond donors (Lipinski definition) is 2. The molecule has 4 rings (SSSR count). The minimum Gasteiger partial charge on any atom is -0.493 e. The number of fused-ring (bicyclic) bond motifs is 2. The van der Waals surface area contributed by atoms with Crippen LogP contribution in [0.15, 0.2) is 48.8 Å². The zero-order valence-corrected chi connectivity index (χ0v) is 13.5. The van der Waals surface area contributed by atoms with E-state index in [0.29, 0.717) is 13.0 Å². The van der Waals surface area contributed by atoms with E-state index in [2.05, 4.69) is 45.0 Å². The summed E-state index contributed by atoms with van der Waals surface area (Å²) >= 11 is 0. The number of hydrogen-bond acceptors (Lipinski definition) is 3. The summed E-state index contributed by atoms with van der Waals surface area (Å²) in [4.78, 5) is 7.76. The molecule has 3 aromatic heterocycles. The van der Waals surface area contributed by atoms with Crippen molar-refractivity contribution >= 4 is 21.9 Å². The van der Waals surface area contributed by atoms with Gasteiger partial charge in [-0.25, -0.2) is 4.98 Å². The van der Waals surface area contributed by atoms with Crippen LogP contribution in [0.5, 0.6) is 5.75 Å². The highest BCUT2D eigenvalue weighted by Gasteiger charge is 2.12. The van der Waals surface area contributed by atoms with E-state index in [-0.39, 0.29) is 6.61 Å². The zero-order chi connectivity index (χ0) is 16.5. The Bertz CT molecular complexity index is 967. The molecular formula is C19H19N3O2. The number of benzene rings is 1. The highest BCUT2D eigenvalue weighted by Crippen LogP contribution is 2.33. The summed E-state index contributed by atoms with van der Waals surface area (Å²) in [6.45, 7) is 0.654. The number of H-pyrrole nitrogens is 1. The van der Waals surface area contributed by atoms with Crippen LogP contribution >= 0.6 is 0 Å². The molecule has 0 unspecified atom stereocenters. The molecule has 1 aromatic carbocycles. The fourth-order valence-corrected chi connectivity index (χ4v) is 3.03. The molecule has 0 aliphatic heterocycles. The largest absolute Gasteiger partial charge is 0.493 e. The third kappa shape index (κ3) is 2.53. The first-order valence-electron chi connectivity index (χ1n) is 8.03. The summed E-state index contributed by atoms with van der Waals surface area (Å²) in [7, 11) is 2.04. The quantitative estimate of drug-likeness (QED) is 0.553. The number of aromatic amines is 1. The predicted octanol–water partition coefficient (Wildman–Crippen LogP) is 3.48. The first kappa shape index (κ1) is 14.8. The van der Waals surface area contributed by atoms with Gasteiger partial charge in [0.1, 0.15) is 11.4 Å². The maximum Gasteiger partial charge on any atom is 0.137 e. The lowest BCUT2D eigenvalue weighted by Crippen LogP contribution is -1.99. The highest BCUT2D eigenvalue weighted by molar-refractivity contribution is 5.98. The number of nitrogens with one attached hydrogen (secondary N) is 1. The Morgan fingerprint density at radius 1 is 1.25 bits per heavy atom. The van der Waals surface area contributed by atoms with Crippen LogP contribution in [0.1, 0.15) is 6.42 Å². The van der Waals surface area contributed by atoms with Crippen molar-refractivity contribution in [3.63, 3.8) is 0 Å². The average Bonchev–Trinajstić information content (AvgIpc) is 3.16. The van der Waals surface area contributed by atoms with Crippen molar-refractivity contribution in [1.29, 1.82) is 0 Å². The van der Waals surface area contributed by atoms with Crippen molar-refractivity contribution in [3.05, 3.63) is 48.8 Å². The minimum atomic E-state index is 0.140. The fourth-order valence-electron chi connectivity index (χ4n) is 3.03. The van der Waals surface area contributed by atoms with Crippen LogP contribution in [-0.4, -0.2) is 32.9 Å². The molecule has 0 bridgehead atoms. The van der Waals surface area contributed by atoms with Crippen LogP contribution in [0.2, 0.25) is 0 Å². The Hall–Kier alpha value is -2.79. The second-order valence-electron chi connectivity index (χ2n) is 5.88. The summed E-state index contributed by atoms with van der Waals surface area (Å²) in [6, 6.07) is 12.2. The molecule has 122 valence electrons. The minimum absolute atomic E-state index is 0.140. The average molecular weight is 321 g/mol. The third-order valence-electron chi connectivity index (χ3n) is 4.21. The molecule has 0 saturated heterocycles. The molecule has 24 heavy (non-hydrogen) atoms. The van der Waals surface area contributed by atoms with Crippen molar-refractivity contribution in [2.75, 3.05) is 13.2 Å². The Balaban J connectivity index is 1.80. The maximum atomic E-state index is 8.89. The van der Waals surface area contributed by atoms with Gasteiger partial charge in [-0.1, -0.05) is 0 Å². The first-order valence-corrected chi connectivity index (χ1v) is 8.03. The van der Waals surface area contributed by atoms with Crippen LogP contribution in [0.25, 0.3) is 33.2 Å². The number of nitrogens with zero attached hydrogens (tertiary/aromatic N) is 2. The summed E-state index contributed by atoms with van der Waals surface area (Å²) in [5, 5.41) is 11.1. The Morgan fingerprint density at radius 2 is 2.17 bits per heavy atom. The summed E-state index contributed by atoms with van der Waals surface area (Å²) in [5.74, 6) is 0.817. The molecule has 0 fully saturated rings. The van der Waals surface area contributed by atoms with Crippen LogP contribution in [0.4, 0.5) is 0 Å². The predicted molar refractivity (Wildman–Crippen MR) is 95.2 cm³/mol. The lowest BCUT2D eigenvalue weighted by atomic mass is 10.1. The van der Waals surface area contributed by atoms with E-state index >= 15 is 0 Å². The lowest BCUT2D eigenvalue weighted by molar-refractivity contribution is 0.234. The zero-order valence-electron chi connectivity index (χ0n) is 13.5. The van der Waals surface area contributed by atoms with E-state index in [0.717, 1.165) is 38.9 Å². The summed E-state index contributed by atoms with van der Waals surface area (Å²) < 4.78 is 7.83. The van der Waals surface area contributed by atoms with Crippen LogP contribution in [0, 0.1) is 0 Å². The first-order chi connectivity index (χ1) is 11.8. The van der Waals surface area contributed by atoms with Gasteiger partial charge in [-0.15, -0.1) is 0 Å². The van der Waals surface area contributed by atoms with Gasteiger partial charge in [0.2, 0.25) is 0 Å². The third-order valence-corrected chi connectivity index (χ3v) is 4.21. The van der Waals surface area contributed by atoms with Crippen molar-refractivity contribution < 1.29 is 9.84 Å². The number of aryl methyl sites for hydroxylation is 1. The van der Waals surface area contributed by atoms with Crippen molar-refractivity contribution in [2.45, 2.75) is 6.42 Å². The number of aliphatic hydroxyl groups excluding tert-OH is 1. The van der Waals surface area contributed by atoms with Crippen molar-refractivity contribution in [3.8, 4) is 17.0 Å². The highest BCUT2D eigenvalue weighted by atomic mass is 16.5. The molecule has 0 atom stereocenters. The van der Waals surface area contributed by atoms with Gasteiger partial charge in [0.25, 0.3) is 0 Å². The molecule has 3 heterocycles. The molecule has 5 nitrogen and oxygen atoms in total. The van der Waals surface area contributed by atoms with Crippen molar-refractivity contribution in [2.24, 2.45) is 7.05 Å². The standard InChI is InChI=1S/C19H19N3O2/c1-22-12-16(17-10-13-4-2-7-20-19(13)21-17)15-11-14(5-6-18(15)22)24-9-3-8-23/h2,4-7,10-12,23H,3,8-9H2,1H3,(H,20,21). The van der Waals surface area contributed by atoms with Gasteiger partial charge in [0.15, 0.2) is 0 Å². The van der Waals surface area contributed by atoms with Crippen LogP contribution in [-0.2, 0) is 7.05 Å². The molecule has 0 amide bonds.